The summed E-state index contributed by atoms with van der Waals surface area (Å²) in [6.45, 7) is 6.00. The lowest BCUT2D eigenvalue weighted by molar-refractivity contribution is -0.0613. The Morgan fingerprint density at radius 2 is 1.88 bits per heavy atom. The van der Waals surface area contributed by atoms with Gasteiger partial charge in [-0.15, -0.1) is 0 Å². The third-order valence-corrected chi connectivity index (χ3v) is 2.26. The molecular weight excluding hydrogens is 215 g/mol. The van der Waals surface area contributed by atoms with Crippen molar-refractivity contribution in [3.05, 3.63) is 29.8 Å². The summed E-state index contributed by atoms with van der Waals surface area (Å²) in [5, 5.41) is 0. The Hall–Kier alpha value is -1.29. The molecule has 1 rings (SSSR count). The van der Waals surface area contributed by atoms with E-state index in [2.05, 4.69) is 0 Å². The van der Waals surface area contributed by atoms with Gasteiger partial charge < -0.3 is 9.47 Å². The summed E-state index contributed by atoms with van der Waals surface area (Å²) in [6.07, 6.45) is -0.296. The zero-order valence-electron chi connectivity index (χ0n) is 10.5. The number of rotatable bonds is 6. The van der Waals surface area contributed by atoms with Crippen molar-refractivity contribution in [3.8, 4) is 5.75 Å². The topological polar surface area (TPSA) is 35.5 Å². The molecule has 2 atom stereocenters. The third-order valence-electron chi connectivity index (χ3n) is 2.26. The molecule has 1 aromatic rings. The number of Topliss-reactive ketones (excluding diaryl/α,β-unsaturated/α-hetero) is 1. The van der Waals surface area contributed by atoms with Gasteiger partial charge in [-0.25, -0.2) is 0 Å². The molecule has 0 aliphatic heterocycles. The second kappa shape index (κ2) is 6.45. The van der Waals surface area contributed by atoms with Crippen molar-refractivity contribution < 1.29 is 14.3 Å². The molecule has 1 aromatic carbocycles. The van der Waals surface area contributed by atoms with Crippen LogP contribution >= 0.6 is 0 Å². The Labute approximate surface area is 104 Å². The first-order valence-corrected chi connectivity index (χ1v) is 5.72. The van der Waals surface area contributed by atoms with E-state index in [4.69, 9.17) is 17.3 Å². The molecule has 0 amide bonds. The fourth-order valence-corrected chi connectivity index (χ4v) is 1.42. The minimum atomic E-state index is -0.482. The average Bonchev–Trinajstić information content (AvgIpc) is 2.29. The number of carbonyl (C=O) groups excluding carboxylic acids is 1. The Balaban J connectivity index is 2.65. The molecule has 0 saturated heterocycles. The van der Waals surface area contributed by atoms with Gasteiger partial charge in [0.1, 0.15) is 5.75 Å². The van der Waals surface area contributed by atoms with E-state index in [9.17, 15) is 4.79 Å². The predicted molar refractivity (Wildman–Crippen MR) is 67.7 cm³/mol. The Bertz CT molecular complexity index is 359. The van der Waals surface area contributed by atoms with Gasteiger partial charge in [0.25, 0.3) is 0 Å². The highest BCUT2D eigenvalue weighted by molar-refractivity contribution is 6.27. The lowest BCUT2D eigenvalue weighted by Crippen LogP contribution is -2.16. The van der Waals surface area contributed by atoms with Crippen LogP contribution in [0.2, 0.25) is 5.82 Å². The highest BCUT2D eigenvalue weighted by Crippen LogP contribution is 2.17. The van der Waals surface area contributed by atoms with Crippen LogP contribution in [0.1, 0.15) is 31.1 Å². The Kier molecular flexibility index (Phi) is 5.23. The van der Waals surface area contributed by atoms with Gasteiger partial charge in [0, 0.05) is 12.2 Å². The fraction of sp³-hybridized carbons (Fsp3) is 0.462. The quantitative estimate of drug-likeness (QED) is 0.429. The van der Waals surface area contributed by atoms with Gasteiger partial charge in [-0.3, -0.25) is 4.79 Å². The normalized spacial score (nSPS) is 14.1. The van der Waals surface area contributed by atoms with E-state index in [-0.39, 0.29) is 12.1 Å². The average molecular weight is 232 g/mol. The first-order chi connectivity index (χ1) is 8.04. The molecule has 4 heteroatoms. The van der Waals surface area contributed by atoms with Crippen LogP contribution < -0.4 is 4.74 Å². The second-order valence-corrected chi connectivity index (χ2v) is 3.82. The molecule has 0 N–H and O–H groups in total. The van der Waals surface area contributed by atoms with Crippen molar-refractivity contribution in [3.63, 3.8) is 0 Å². The summed E-state index contributed by atoms with van der Waals surface area (Å²) in [7, 11) is 5.53. The van der Waals surface area contributed by atoms with Crippen LogP contribution in [0.15, 0.2) is 24.3 Å². The van der Waals surface area contributed by atoms with E-state index in [0.29, 0.717) is 17.9 Å². The van der Waals surface area contributed by atoms with Crippen LogP contribution in [-0.2, 0) is 4.74 Å². The summed E-state index contributed by atoms with van der Waals surface area (Å²) in [6, 6.07) is 6.90. The summed E-state index contributed by atoms with van der Waals surface area (Å²) in [5.41, 5.74) is 0.594. The largest absolute Gasteiger partial charge is 0.465 e. The summed E-state index contributed by atoms with van der Waals surface area (Å²) >= 11 is 0. The van der Waals surface area contributed by atoms with Crippen molar-refractivity contribution in [2.45, 2.75) is 32.9 Å². The molecule has 0 bridgehead atoms. The van der Waals surface area contributed by atoms with Crippen molar-refractivity contribution in [1.29, 1.82) is 0 Å². The van der Waals surface area contributed by atoms with Gasteiger partial charge in [-0.05, 0) is 43.9 Å². The number of hydrogen-bond donors (Lipinski definition) is 0. The van der Waals surface area contributed by atoms with Crippen LogP contribution in [0.5, 0.6) is 5.75 Å². The fourth-order valence-electron chi connectivity index (χ4n) is 1.42. The molecule has 17 heavy (non-hydrogen) atoms. The number of benzene rings is 1. The SMILES string of the molecule is [B]C(C)C(=O)c1ccc(OC(C)OCC)cc1. The minimum absolute atomic E-state index is 0.0746. The maximum atomic E-state index is 11.6. The van der Waals surface area contributed by atoms with Gasteiger partial charge in [-0.2, -0.15) is 0 Å². The molecule has 0 heterocycles. The Morgan fingerprint density at radius 3 is 2.35 bits per heavy atom. The second-order valence-electron chi connectivity index (χ2n) is 3.82. The van der Waals surface area contributed by atoms with E-state index >= 15 is 0 Å². The molecule has 0 aromatic heterocycles. The number of ketones is 1. The van der Waals surface area contributed by atoms with E-state index < -0.39 is 5.82 Å². The summed E-state index contributed by atoms with van der Waals surface area (Å²) in [4.78, 5) is 11.6. The van der Waals surface area contributed by atoms with E-state index in [0.717, 1.165) is 0 Å². The van der Waals surface area contributed by atoms with Crippen LogP contribution in [0.3, 0.4) is 0 Å². The van der Waals surface area contributed by atoms with E-state index in [1.807, 2.05) is 13.8 Å². The van der Waals surface area contributed by atoms with Gasteiger partial charge in [-0.1, -0.05) is 6.92 Å². The maximum Gasteiger partial charge on any atom is 0.196 e. The highest BCUT2D eigenvalue weighted by atomic mass is 16.7. The molecule has 90 valence electrons. The van der Waals surface area contributed by atoms with Crippen molar-refractivity contribution in [2.75, 3.05) is 6.61 Å². The van der Waals surface area contributed by atoms with Crippen LogP contribution in [0, 0.1) is 0 Å². The molecule has 0 aliphatic rings. The molecule has 0 spiro atoms. The first-order valence-electron chi connectivity index (χ1n) is 5.72. The molecular formula is C13H17BO3. The molecule has 2 radical (unpaired) electrons. The molecule has 3 nitrogen and oxygen atoms in total. The van der Waals surface area contributed by atoms with Crippen LogP contribution in [0.4, 0.5) is 0 Å². The third kappa shape index (κ3) is 4.23. The number of hydrogen-bond acceptors (Lipinski definition) is 3. The van der Waals surface area contributed by atoms with Gasteiger partial charge in [0.05, 0.1) is 7.85 Å². The van der Waals surface area contributed by atoms with Gasteiger partial charge >= 0.3 is 0 Å². The summed E-state index contributed by atoms with van der Waals surface area (Å²) in [5.74, 6) is 0.116. The highest BCUT2D eigenvalue weighted by Gasteiger charge is 2.10. The van der Waals surface area contributed by atoms with Crippen LogP contribution in [0.25, 0.3) is 0 Å². The zero-order chi connectivity index (χ0) is 12.8. The lowest BCUT2D eigenvalue weighted by atomic mass is 9.83. The maximum absolute atomic E-state index is 11.6. The lowest BCUT2D eigenvalue weighted by Gasteiger charge is -2.14. The monoisotopic (exact) mass is 232 g/mol. The molecule has 0 fully saturated rings. The van der Waals surface area contributed by atoms with Gasteiger partial charge in [0.15, 0.2) is 12.1 Å². The summed E-state index contributed by atoms with van der Waals surface area (Å²) < 4.78 is 10.7. The van der Waals surface area contributed by atoms with Crippen molar-refractivity contribution >= 4 is 13.6 Å². The zero-order valence-corrected chi connectivity index (χ0v) is 10.5. The van der Waals surface area contributed by atoms with E-state index in [1.54, 1.807) is 31.2 Å². The molecule has 2 unspecified atom stereocenters. The van der Waals surface area contributed by atoms with Crippen molar-refractivity contribution in [1.82, 2.24) is 0 Å². The number of carbonyl (C=O) groups is 1. The van der Waals surface area contributed by atoms with Gasteiger partial charge in [0.2, 0.25) is 0 Å². The predicted octanol–water partition coefficient (Wildman–Crippen LogP) is 2.61. The standard InChI is InChI=1S/C13H17BO3/c1-4-16-10(3)17-12-7-5-11(6-8-12)13(15)9(2)14/h5-10H,4H2,1-3H3. The molecule has 0 aliphatic carbocycles. The number of ether oxygens (including phenoxy) is 2. The Morgan fingerprint density at radius 1 is 1.29 bits per heavy atom. The smallest absolute Gasteiger partial charge is 0.196 e. The van der Waals surface area contributed by atoms with E-state index in [1.165, 1.54) is 0 Å². The first kappa shape index (κ1) is 13.8. The van der Waals surface area contributed by atoms with Crippen molar-refractivity contribution in [2.24, 2.45) is 0 Å². The minimum Gasteiger partial charge on any atom is -0.465 e. The van der Waals surface area contributed by atoms with Crippen LogP contribution in [-0.4, -0.2) is 26.5 Å². The molecule has 0 saturated carbocycles.